The van der Waals surface area contributed by atoms with Gasteiger partial charge < -0.3 is 5.32 Å². The molecule has 0 aromatic rings. The summed E-state index contributed by atoms with van der Waals surface area (Å²) in [6.45, 7) is 10.7. The molecular weight excluding hydrogens is 148 g/mol. The highest BCUT2D eigenvalue weighted by Crippen LogP contribution is 2.27. The molecule has 2 rings (SSSR count). The smallest absolute Gasteiger partial charge is 0.0198 e. The third-order valence-corrected chi connectivity index (χ3v) is 3.18. The van der Waals surface area contributed by atoms with Crippen molar-refractivity contribution >= 4 is 0 Å². The molecule has 2 aliphatic heterocycles. The highest BCUT2D eigenvalue weighted by Gasteiger charge is 2.36. The number of nitrogens with zero attached hydrogens (tertiary/aromatic N) is 1. The van der Waals surface area contributed by atoms with E-state index in [9.17, 15) is 0 Å². The minimum absolute atomic E-state index is 0.364. The van der Waals surface area contributed by atoms with Crippen LogP contribution in [0.15, 0.2) is 0 Å². The van der Waals surface area contributed by atoms with Crippen molar-refractivity contribution < 1.29 is 0 Å². The molecule has 0 amide bonds. The van der Waals surface area contributed by atoms with E-state index in [-0.39, 0.29) is 0 Å². The van der Waals surface area contributed by atoms with Crippen LogP contribution in [0.4, 0.5) is 0 Å². The minimum Gasteiger partial charge on any atom is -0.312 e. The van der Waals surface area contributed by atoms with Crippen LogP contribution in [0.3, 0.4) is 0 Å². The molecule has 0 radical (unpaired) electrons. The van der Waals surface area contributed by atoms with Crippen LogP contribution >= 0.6 is 0 Å². The predicted molar refractivity (Wildman–Crippen MR) is 51.2 cm³/mol. The van der Waals surface area contributed by atoms with Gasteiger partial charge in [-0.15, -0.1) is 0 Å². The van der Waals surface area contributed by atoms with E-state index >= 15 is 0 Å². The van der Waals surface area contributed by atoms with Gasteiger partial charge in [0.05, 0.1) is 0 Å². The normalized spacial score (nSPS) is 37.2. The van der Waals surface area contributed by atoms with Gasteiger partial charge in [-0.3, -0.25) is 4.90 Å². The molecule has 2 bridgehead atoms. The van der Waals surface area contributed by atoms with Crippen LogP contribution < -0.4 is 5.32 Å². The second-order valence-electron chi connectivity index (χ2n) is 5.28. The summed E-state index contributed by atoms with van der Waals surface area (Å²) in [6, 6.07) is 0.781. The fraction of sp³-hybridized carbons (Fsp3) is 1.00. The topological polar surface area (TPSA) is 15.3 Å². The van der Waals surface area contributed by atoms with Crippen LogP contribution in [0.25, 0.3) is 0 Å². The Morgan fingerprint density at radius 1 is 1.25 bits per heavy atom. The van der Waals surface area contributed by atoms with Crippen molar-refractivity contribution in [2.45, 2.75) is 38.8 Å². The van der Waals surface area contributed by atoms with Gasteiger partial charge in [0.1, 0.15) is 0 Å². The van der Waals surface area contributed by atoms with Crippen molar-refractivity contribution in [2.24, 2.45) is 5.92 Å². The van der Waals surface area contributed by atoms with Crippen LogP contribution in [0.5, 0.6) is 0 Å². The van der Waals surface area contributed by atoms with Crippen molar-refractivity contribution in [3.63, 3.8) is 0 Å². The number of piperidine rings is 1. The van der Waals surface area contributed by atoms with Gasteiger partial charge in [-0.2, -0.15) is 0 Å². The number of hydrogen-bond acceptors (Lipinski definition) is 2. The summed E-state index contributed by atoms with van der Waals surface area (Å²) in [4.78, 5) is 2.62. The molecule has 2 fully saturated rings. The fourth-order valence-corrected chi connectivity index (χ4v) is 2.38. The molecule has 2 heteroatoms. The van der Waals surface area contributed by atoms with E-state index in [4.69, 9.17) is 0 Å². The van der Waals surface area contributed by atoms with E-state index < -0.39 is 0 Å². The molecule has 2 atom stereocenters. The first kappa shape index (κ1) is 8.52. The van der Waals surface area contributed by atoms with E-state index in [0.29, 0.717) is 5.54 Å². The molecule has 1 N–H and O–H groups in total. The summed E-state index contributed by atoms with van der Waals surface area (Å²) in [6.07, 6.45) is 1.41. The molecule has 70 valence electrons. The van der Waals surface area contributed by atoms with Gasteiger partial charge >= 0.3 is 0 Å². The second kappa shape index (κ2) is 2.71. The molecule has 0 aromatic carbocycles. The zero-order valence-corrected chi connectivity index (χ0v) is 8.43. The van der Waals surface area contributed by atoms with Crippen molar-refractivity contribution in [1.82, 2.24) is 10.2 Å². The lowest BCUT2D eigenvalue weighted by atomic mass is 9.95. The lowest BCUT2D eigenvalue weighted by molar-refractivity contribution is 0.0894. The van der Waals surface area contributed by atoms with Crippen LogP contribution in [0, 0.1) is 5.92 Å². The Bertz CT molecular complexity index is 159. The maximum absolute atomic E-state index is 3.58. The molecular formula is C10H20N2. The van der Waals surface area contributed by atoms with Gasteiger partial charge in [-0.1, -0.05) is 0 Å². The largest absolute Gasteiger partial charge is 0.312 e. The van der Waals surface area contributed by atoms with E-state index in [0.717, 1.165) is 12.0 Å². The Hall–Kier alpha value is -0.0800. The Labute approximate surface area is 75.3 Å². The molecule has 0 aliphatic carbocycles. The van der Waals surface area contributed by atoms with Gasteiger partial charge in [0, 0.05) is 24.7 Å². The zero-order valence-electron chi connectivity index (χ0n) is 8.43. The van der Waals surface area contributed by atoms with Crippen molar-refractivity contribution in [3.8, 4) is 0 Å². The number of likely N-dealkylation sites (tertiary alicyclic amines) is 1. The quantitative estimate of drug-likeness (QED) is 0.582. The van der Waals surface area contributed by atoms with E-state index in [1.165, 1.54) is 26.1 Å². The van der Waals surface area contributed by atoms with E-state index in [1.54, 1.807) is 0 Å². The molecule has 0 aromatic heterocycles. The lowest BCUT2D eigenvalue weighted by Crippen LogP contribution is -2.50. The van der Waals surface area contributed by atoms with Gasteiger partial charge in [-0.05, 0) is 39.7 Å². The van der Waals surface area contributed by atoms with Crippen LogP contribution in [0.1, 0.15) is 27.2 Å². The molecule has 2 aliphatic rings. The summed E-state index contributed by atoms with van der Waals surface area (Å²) < 4.78 is 0. The molecule has 0 unspecified atom stereocenters. The Morgan fingerprint density at radius 2 is 2.00 bits per heavy atom. The highest BCUT2D eigenvalue weighted by molar-refractivity contribution is 4.94. The Kier molecular flexibility index (Phi) is 1.92. The fourth-order valence-electron chi connectivity index (χ4n) is 2.38. The number of hydrogen-bond donors (Lipinski definition) is 1. The lowest BCUT2D eigenvalue weighted by Gasteiger charge is -2.40. The first-order chi connectivity index (χ1) is 5.55. The van der Waals surface area contributed by atoms with Crippen LogP contribution in [0.2, 0.25) is 0 Å². The first-order valence-electron chi connectivity index (χ1n) is 5.04. The summed E-state index contributed by atoms with van der Waals surface area (Å²) in [7, 11) is 0. The third kappa shape index (κ3) is 1.50. The van der Waals surface area contributed by atoms with Crippen LogP contribution in [-0.2, 0) is 0 Å². The summed E-state index contributed by atoms with van der Waals surface area (Å²) in [5, 5.41) is 3.58. The summed E-state index contributed by atoms with van der Waals surface area (Å²) in [5.74, 6) is 0.919. The van der Waals surface area contributed by atoms with Crippen LogP contribution in [-0.4, -0.2) is 36.1 Å². The molecule has 2 heterocycles. The van der Waals surface area contributed by atoms with E-state index in [2.05, 4.69) is 31.0 Å². The maximum atomic E-state index is 3.58. The Morgan fingerprint density at radius 3 is 2.58 bits per heavy atom. The molecule has 0 spiro atoms. The van der Waals surface area contributed by atoms with Gasteiger partial charge in [0.25, 0.3) is 0 Å². The third-order valence-electron chi connectivity index (χ3n) is 3.18. The summed E-state index contributed by atoms with van der Waals surface area (Å²) >= 11 is 0. The summed E-state index contributed by atoms with van der Waals surface area (Å²) in [5.41, 5.74) is 0.364. The van der Waals surface area contributed by atoms with Gasteiger partial charge in [-0.25, -0.2) is 0 Å². The average molecular weight is 168 g/mol. The van der Waals surface area contributed by atoms with Crippen molar-refractivity contribution in [1.29, 1.82) is 0 Å². The number of fused-ring (bicyclic) bond motifs is 2. The monoisotopic (exact) mass is 168 g/mol. The standard InChI is InChI=1S/C10H20N2/c1-10(2,3)12-6-8-4-9(7-12)11-5-8/h8-9,11H,4-7H2,1-3H3/t8-,9-/m0/s1. The average Bonchev–Trinajstić information content (AvgIpc) is 2.28. The van der Waals surface area contributed by atoms with Gasteiger partial charge in [0.15, 0.2) is 0 Å². The predicted octanol–water partition coefficient (Wildman–Crippen LogP) is 1.08. The highest BCUT2D eigenvalue weighted by atomic mass is 15.2. The second-order valence-corrected chi connectivity index (χ2v) is 5.28. The SMILES string of the molecule is CC(C)(C)N1C[C@@H]2CN[C@@H](C2)C1. The van der Waals surface area contributed by atoms with E-state index in [1.807, 2.05) is 0 Å². The first-order valence-corrected chi connectivity index (χ1v) is 5.04. The molecule has 2 nitrogen and oxygen atoms in total. The number of nitrogens with one attached hydrogen (secondary N) is 1. The minimum atomic E-state index is 0.364. The molecule has 2 saturated heterocycles. The van der Waals surface area contributed by atoms with Crippen molar-refractivity contribution in [3.05, 3.63) is 0 Å². The maximum Gasteiger partial charge on any atom is 0.0198 e. The molecule has 0 saturated carbocycles. The molecule has 12 heavy (non-hydrogen) atoms. The van der Waals surface area contributed by atoms with Gasteiger partial charge in [0.2, 0.25) is 0 Å². The zero-order chi connectivity index (χ0) is 8.77. The number of rotatable bonds is 0. The Balaban J connectivity index is 2.03. The van der Waals surface area contributed by atoms with Crippen molar-refractivity contribution in [2.75, 3.05) is 19.6 Å².